The van der Waals surface area contributed by atoms with Crippen LogP contribution in [0.1, 0.15) is 13.3 Å². The van der Waals surface area contributed by atoms with Crippen LogP contribution in [0.25, 0.3) is 0 Å². The van der Waals surface area contributed by atoms with Crippen molar-refractivity contribution in [1.82, 2.24) is 10.2 Å². The van der Waals surface area contributed by atoms with E-state index in [0.29, 0.717) is 5.82 Å². The number of hydrogen-bond acceptors (Lipinski definition) is 4. The van der Waals surface area contributed by atoms with E-state index in [2.05, 4.69) is 15.5 Å². The molecule has 1 amide bonds. The summed E-state index contributed by atoms with van der Waals surface area (Å²) in [5.74, 6) is 0.191. The van der Waals surface area contributed by atoms with Crippen molar-refractivity contribution in [3.05, 3.63) is 17.3 Å². The van der Waals surface area contributed by atoms with Crippen LogP contribution in [0.5, 0.6) is 0 Å². The first-order valence-electron chi connectivity index (χ1n) is 4.12. The van der Waals surface area contributed by atoms with Crippen molar-refractivity contribution < 1.29 is 4.79 Å². The van der Waals surface area contributed by atoms with E-state index in [0.717, 1.165) is 0 Å². The SMILES string of the molecule is CC(N)CC(=O)Nc1ccc(Cl)nn1. The van der Waals surface area contributed by atoms with Gasteiger partial charge in [-0.3, -0.25) is 4.79 Å². The number of anilines is 1. The molecule has 5 nitrogen and oxygen atoms in total. The quantitative estimate of drug-likeness (QED) is 0.780. The molecule has 0 aliphatic heterocycles. The van der Waals surface area contributed by atoms with Crippen LogP contribution in [0.3, 0.4) is 0 Å². The average molecular weight is 215 g/mol. The minimum absolute atomic E-state index is 0.171. The molecule has 0 aromatic carbocycles. The lowest BCUT2D eigenvalue weighted by Crippen LogP contribution is -2.24. The van der Waals surface area contributed by atoms with Gasteiger partial charge in [-0.2, -0.15) is 0 Å². The summed E-state index contributed by atoms with van der Waals surface area (Å²) in [6.45, 7) is 1.76. The Kier molecular flexibility index (Phi) is 3.79. The van der Waals surface area contributed by atoms with Crippen molar-refractivity contribution in [2.24, 2.45) is 5.73 Å². The predicted octanol–water partition coefficient (Wildman–Crippen LogP) is 0.806. The molecular formula is C8H11ClN4O. The van der Waals surface area contributed by atoms with Crippen LogP contribution in [0.4, 0.5) is 5.82 Å². The van der Waals surface area contributed by atoms with Gasteiger partial charge in [0.15, 0.2) is 11.0 Å². The Hall–Kier alpha value is -1.20. The molecule has 1 unspecified atom stereocenters. The molecule has 0 spiro atoms. The van der Waals surface area contributed by atoms with Crippen LogP contribution >= 0.6 is 11.6 Å². The second kappa shape index (κ2) is 4.88. The van der Waals surface area contributed by atoms with E-state index >= 15 is 0 Å². The molecular weight excluding hydrogens is 204 g/mol. The molecule has 76 valence electrons. The molecule has 6 heteroatoms. The number of amides is 1. The van der Waals surface area contributed by atoms with Crippen molar-refractivity contribution in [3.63, 3.8) is 0 Å². The van der Waals surface area contributed by atoms with Crippen molar-refractivity contribution in [2.75, 3.05) is 5.32 Å². The number of nitrogens with zero attached hydrogens (tertiary/aromatic N) is 2. The maximum absolute atomic E-state index is 11.2. The van der Waals surface area contributed by atoms with E-state index in [4.69, 9.17) is 17.3 Å². The molecule has 3 N–H and O–H groups in total. The van der Waals surface area contributed by atoms with Gasteiger partial charge in [-0.05, 0) is 19.1 Å². The standard InChI is InChI=1S/C8H11ClN4O/c1-5(10)4-8(14)11-7-3-2-6(9)12-13-7/h2-3,5H,4,10H2,1H3,(H,11,13,14). The number of nitrogens with two attached hydrogens (primary N) is 1. The molecule has 1 heterocycles. The van der Waals surface area contributed by atoms with E-state index in [1.54, 1.807) is 19.1 Å². The van der Waals surface area contributed by atoms with Gasteiger partial charge in [0, 0.05) is 12.5 Å². The largest absolute Gasteiger partial charge is 0.327 e. The first kappa shape index (κ1) is 10.9. The second-order valence-corrected chi connectivity index (χ2v) is 3.36. The summed E-state index contributed by atoms with van der Waals surface area (Å²) in [5, 5.41) is 10.1. The van der Waals surface area contributed by atoms with E-state index in [1.165, 1.54) is 0 Å². The summed E-state index contributed by atoms with van der Waals surface area (Å²) in [5.41, 5.74) is 5.45. The number of hydrogen-bond donors (Lipinski definition) is 2. The highest BCUT2D eigenvalue weighted by Crippen LogP contribution is 2.06. The zero-order valence-electron chi connectivity index (χ0n) is 7.70. The lowest BCUT2D eigenvalue weighted by atomic mass is 10.2. The molecule has 1 aromatic rings. The van der Waals surface area contributed by atoms with Crippen LogP contribution in [-0.4, -0.2) is 22.1 Å². The highest BCUT2D eigenvalue weighted by molar-refractivity contribution is 6.29. The maximum Gasteiger partial charge on any atom is 0.227 e. The van der Waals surface area contributed by atoms with Crippen LogP contribution in [0.2, 0.25) is 5.15 Å². The van der Waals surface area contributed by atoms with Crippen molar-refractivity contribution in [3.8, 4) is 0 Å². The summed E-state index contributed by atoms with van der Waals surface area (Å²) in [4.78, 5) is 11.2. The lowest BCUT2D eigenvalue weighted by Gasteiger charge is -2.05. The maximum atomic E-state index is 11.2. The minimum Gasteiger partial charge on any atom is -0.327 e. The summed E-state index contributed by atoms with van der Waals surface area (Å²) in [7, 11) is 0. The molecule has 0 aliphatic carbocycles. The Morgan fingerprint density at radius 2 is 2.36 bits per heavy atom. The Labute approximate surface area is 86.7 Å². The minimum atomic E-state index is -0.184. The molecule has 0 aliphatic rings. The van der Waals surface area contributed by atoms with Crippen LogP contribution in [0.15, 0.2) is 12.1 Å². The van der Waals surface area contributed by atoms with Crippen LogP contribution in [0, 0.1) is 0 Å². The fourth-order valence-corrected chi connectivity index (χ4v) is 0.970. The normalized spacial score (nSPS) is 12.2. The number of nitrogens with one attached hydrogen (secondary N) is 1. The Morgan fingerprint density at radius 1 is 1.64 bits per heavy atom. The monoisotopic (exact) mass is 214 g/mol. The van der Waals surface area contributed by atoms with Gasteiger partial charge < -0.3 is 11.1 Å². The molecule has 14 heavy (non-hydrogen) atoms. The van der Waals surface area contributed by atoms with E-state index < -0.39 is 0 Å². The van der Waals surface area contributed by atoms with E-state index in [1.807, 2.05) is 0 Å². The number of carbonyl (C=O) groups is 1. The highest BCUT2D eigenvalue weighted by Gasteiger charge is 2.06. The molecule has 1 atom stereocenters. The van der Waals surface area contributed by atoms with Gasteiger partial charge in [0.1, 0.15) is 0 Å². The lowest BCUT2D eigenvalue weighted by molar-refractivity contribution is -0.116. The number of rotatable bonds is 3. The average Bonchev–Trinajstić information content (AvgIpc) is 2.07. The van der Waals surface area contributed by atoms with Crippen molar-refractivity contribution >= 4 is 23.3 Å². The Balaban J connectivity index is 2.52. The fraction of sp³-hybridized carbons (Fsp3) is 0.375. The molecule has 1 aromatic heterocycles. The highest BCUT2D eigenvalue weighted by atomic mass is 35.5. The summed E-state index contributed by atoms with van der Waals surface area (Å²) >= 11 is 5.53. The number of halogens is 1. The second-order valence-electron chi connectivity index (χ2n) is 2.97. The van der Waals surface area contributed by atoms with E-state index in [-0.39, 0.29) is 23.5 Å². The third-order valence-electron chi connectivity index (χ3n) is 1.41. The summed E-state index contributed by atoms with van der Waals surface area (Å²) in [6, 6.07) is 2.96. The fourth-order valence-electron chi connectivity index (χ4n) is 0.869. The van der Waals surface area contributed by atoms with Crippen molar-refractivity contribution in [2.45, 2.75) is 19.4 Å². The molecule has 0 saturated carbocycles. The predicted molar refractivity (Wildman–Crippen MR) is 53.9 cm³/mol. The van der Waals surface area contributed by atoms with Crippen LogP contribution < -0.4 is 11.1 Å². The Bertz CT molecular complexity index is 312. The first-order valence-corrected chi connectivity index (χ1v) is 4.50. The van der Waals surface area contributed by atoms with Gasteiger partial charge in [-0.15, -0.1) is 10.2 Å². The van der Waals surface area contributed by atoms with Gasteiger partial charge in [0.25, 0.3) is 0 Å². The molecule has 0 bridgehead atoms. The van der Waals surface area contributed by atoms with Gasteiger partial charge in [0.05, 0.1) is 0 Å². The zero-order valence-corrected chi connectivity index (χ0v) is 8.45. The van der Waals surface area contributed by atoms with Crippen molar-refractivity contribution in [1.29, 1.82) is 0 Å². The third kappa shape index (κ3) is 3.68. The number of carbonyl (C=O) groups excluding carboxylic acids is 1. The molecule has 1 rings (SSSR count). The summed E-state index contributed by atoms with van der Waals surface area (Å²) < 4.78 is 0. The zero-order chi connectivity index (χ0) is 10.6. The molecule has 0 saturated heterocycles. The van der Waals surface area contributed by atoms with Gasteiger partial charge in [-0.1, -0.05) is 11.6 Å². The first-order chi connectivity index (χ1) is 6.58. The van der Waals surface area contributed by atoms with Gasteiger partial charge >= 0.3 is 0 Å². The number of aromatic nitrogens is 2. The van der Waals surface area contributed by atoms with Crippen LogP contribution in [-0.2, 0) is 4.79 Å². The topological polar surface area (TPSA) is 80.9 Å². The van der Waals surface area contributed by atoms with Gasteiger partial charge in [-0.25, -0.2) is 0 Å². The third-order valence-corrected chi connectivity index (χ3v) is 1.61. The molecule has 0 radical (unpaired) electrons. The summed E-state index contributed by atoms with van der Waals surface area (Å²) in [6.07, 6.45) is 0.254. The van der Waals surface area contributed by atoms with E-state index in [9.17, 15) is 4.79 Å². The smallest absolute Gasteiger partial charge is 0.227 e. The molecule has 0 fully saturated rings. The Morgan fingerprint density at radius 3 is 2.86 bits per heavy atom. The van der Waals surface area contributed by atoms with Gasteiger partial charge in [0.2, 0.25) is 5.91 Å².